The first-order chi connectivity index (χ1) is 9.03. The highest BCUT2D eigenvalue weighted by Gasteiger charge is 2.43. The molecule has 0 radical (unpaired) electrons. The van der Waals surface area contributed by atoms with E-state index in [4.69, 9.17) is 0 Å². The third-order valence-electron chi connectivity index (χ3n) is 2.68. The predicted octanol–water partition coefficient (Wildman–Crippen LogP) is 1.75. The van der Waals surface area contributed by atoms with Crippen molar-refractivity contribution in [3.05, 3.63) is 30.1 Å². The Labute approximate surface area is 106 Å². The van der Waals surface area contributed by atoms with Crippen LogP contribution in [0.1, 0.15) is 5.69 Å². The quantitative estimate of drug-likeness (QED) is 0.918. The number of hydrogen-bond acceptors (Lipinski definition) is 5. The standard InChI is InChI=1S/C11H10F2N4O2/c1-17-8(6-15-16-17)5-14-7-2-3-9-10(4-7)19-11(12,13)18-9/h2-4,6,14H,5H2,1H3. The van der Waals surface area contributed by atoms with Crippen molar-refractivity contribution in [1.29, 1.82) is 0 Å². The fourth-order valence-electron chi connectivity index (χ4n) is 1.72. The highest BCUT2D eigenvalue weighted by atomic mass is 19.3. The van der Waals surface area contributed by atoms with Crippen molar-refractivity contribution in [3.63, 3.8) is 0 Å². The summed E-state index contributed by atoms with van der Waals surface area (Å²) in [4.78, 5) is 0. The Hall–Kier alpha value is -2.38. The zero-order valence-corrected chi connectivity index (χ0v) is 9.93. The van der Waals surface area contributed by atoms with Gasteiger partial charge in [-0.2, -0.15) is 0 Å². The topological polar surface area (TPSA) is 61.2 Å². The third kappa shape index (κ3) is 2.28. The van der Waals surface area contributed by atoms with Gasteiger partial charge in [0.15, 0.2) is 11.5 Å². The first-order valence-corrected chi connectivity index (χ1v) is 5.51. The van der Waals surface area contributed by atoms with Crippen LogP contribution >= 0.6 is 0 Å². The summed E-state index contributed by atoms with van der Waals surface area (Å²) in [5.74, 6) is 0.0379. The number of rotatable bonds is 3. The molecule has 1 aliphatic heterocycles. The number of aromatic nitrogens is 3. The van der Waals surface area contributed by atoms with Crippen LogP contribution < -0.4 is 14.8 Å². The van der Waals surface area contributed by atoms with Gasteiger partial charge in [-0.15, -0.1) is 13.9 Å². The second-order valence-corrected chi connectivity index (χ2v) is 4.03. The lowest BCUT2D eigenvalue weighted by Gasteiger charge is -2.06. The lowest BCUT2D eigenvalue weighted by molar-refractivity contribution is -0.286. The molecule has 0 bridgehead atoms. The van der Waals surface area contributed by atoms with Gasteiger partial charge < -0.3 is 14.8 Å². The molecule has 0 saturated carbocycles. The van der Waals surface area contributed by atoms with Gasteiger partial charge in [-0.3, -0.25) is 4.68 Å². The molecule has 100 valence electrons. The molecule has 2 heterocycles. The molecule has 8 heteroatoms. The molecule has 2 aromatic rings. The summed E-state index contributed by atoms with van der Waals surface area (Å²) < 4.78 is 36.0. The SMILES string of the molecule is Cn1nncc1CNc1ccc2c(c1)OC(F)(F)O2. The molecular weight excluding hydrogens is 258 g/mol. The van der Waals surface area contributed by atoms with Crippen LogP contribution in [0.25, 0.3) is 0 Å². The zero-order valence-electron chi connectivity index (χ0n) is 9.93. The summed E-state index contributed by atoms with van der Waals surface area (Å²) in [5.41, 5.74) is 1.50. The van der Waals surface area contributed by atoms with Gasteiger partial charge in [0.05, 0.1) is 18.4 Å². The van der Waals surface area contributed by atoms with E-state index in [9.17, 15) is 8.78 Å². The van der Waals surface area contributed by atoms with E-state index < -0.39 is 6.29 Å². The molecule has 0 spiro atoms. The summed E-state index contributed by atoms with van der Waals surface area (Å²) in [5, 5.41) is 10.6. The Morgan fingerprint density at radius 2 is 2.11 bits per heavy atom. The Morgan fingerprint density at radius 1 is 1.32 bits per heavy atom. The summed E-state index contributed by atoms with van der Waals surface area (Å²) in [6.07, 6.45) is -1.97. The van der Waals surface area contributed by atoms with Crippen LogP contribution in [-0.2, 0) is 13.6 Å². The van der Waals surface area contributed by atoms with Crippen molar-refractivity contribution in [3.8, 4) is 11.5 Å². The fraction of sp³-hybridized carbons (Fsp3) is 0.273. The van der Waals surface area contributed by atoms with Gasteiger partial charge >= 0.3 is 6.29 Å². The predicted molar refractivity (Wildman–Crippen MR) is 61.0 cm³/mol. The second-order valence-electron chi connectivity index (χ2n) is 4.03. The van der Waals surface area contributed by atoms with E-state index in [0.717, 1.165) is 5.69 Å². The molecule has 0 aliphatic carbocycles. The first-order valence-electron chi connectivity index (χ1n) is 5.51. The lowest BCUT2D eigenvalue weighted by atomic mass is 10.2. The van der Waals surface area contributed by atoms with E-state index in [2.05, 4.69) is 25.1 Å². The van der Waals surface area contributed by atoms with Gasteiger partial charge in [0.25, 0.3) is 0 Å². The van der Waals surface area contributed by atoms with Crippen molar-refractivity contribution >= 4 is 5.69 Å². The van der Waals surface area contributed by atoms with Crippen molar-refractivity contribution in [2.24, 2.45) is 7.05 Å². The van der Waals surface area contributed by atoms with E-state index in [-0.39, 0.29) is 11.5 Å². The van der Waals surface area contributed by atoms with Crippen molar-refractivity contribution in [2.75, 3.05) is 5.32 Å². The number of benzene rings is 1. The van der Waals surface area contributed by atoms with E-state index in [1.807, 2.05) is 0 Å². The lowest BCUT2D eigenvalue weighted by Crippen LogP contribution is -2.25. The Kier molecular flexibility index (Phi) is 2.51. The van der Waals surface area contributed by atoms with Crippen LogP contribution in [0.5, 0.6) is 11.5 Å². The van der Waals surface area contributed by atoms with Gasteiger partial charge in [0, 0.05) is 18.8 Å². The largest absolute Gasteiger partial charge is 0.586 e. The summed E-state index contributed by atoms with van der Waals surface area (Å²) in [6, 6.07) is 4.52. The summed E-state index contributed by atoms with van der Waals surface area (Å²) in [6.45, 7) is 0.472. The number of nitrogens with zero attached hydrogens (tertiary/aromatic N) is 3. The number of halogens is 2. The maximum Gasteiger partial charge on any atom is 0.586 e. The average molecular weight is 268 g/mol. The van der Waals surface area contributed by atoms with Crippen LogP contribution in [0.4, 0.5) is 14.5 Å². The van der Waals surface area contributed by atoms with Gasteiger partial charge in [0.2, 0.25) is 0 Å². The van der Waals surface area contributed by atoms with Crippen LogP contribution in [0.15, 0.2) is 24.4 Å². The smallest absolute Gasteiger partial charge is 0.395 e. The summed E-state index contributed by atoms with van der Waals surface area (Å²) in [7, 11) is 1.77. The van der Waals surface area contributed by atoms with E-state index >= 15 is 0 Å². The van der Waals surface area contributed by atoms with Crippen LogP contribution in [0, 0.1) is 0 Å². The molecular formula is C11H10F2N4O2. The molecule has 0 unspecified atom stereocenters. The maximum absolute atomic E-state index is 12.8. The maximum atomic E-state index is 12.8. The minimum atomic E-state index is -3.59. The van der Waals surface area contributed by atoms with Crippen LogP contribution in [0.2, 0.25) is 0 Å². The molecule has 0 fully saturated rings. The number of aryl methyl sites for hydroxylation is 1. The first kappa shape index (κ1) is 11.7. The molecule has 1 aromatic heterocycles. The van der Waals surface area contributed by atoms with Crippen molar-refractivity contribution in [2.45, 2.75) is 12.8 Å². The fourth-order valence-corrected chi connectivity index (χ4v) is 1.72. The molecule has 0 saturated heterocycles. The summed E-state index contributed by atoms with van der Waals surface area (Å²) >= 11 is 0. The monoisotopic (exact) mass is 268 g/mol. The Balaban J connectivity index is 1.72. The molecule has 0 atom stereocenters. The number of hydrogen-bond donors (Lipinski definition) is 1. The van der Waals surface area contributed by atoms with Gasteiger partial charge in [0.1, 0.15) is 0 Å². The van der Waals surface area contributed by atoms with E-state index in [0.29, 0.717) is 12.2 Å². The highest BCUT2D eigenvalue weighted by molar-refractivity contribution is 5.56. The molecule has 19 heavy (non-hydrogen) atoms. The minimum absolute atomic E-state index is 0.0122. The molecule has 0 amide bonds. The number of nitrogens with one attached hydrogen (secondary N) is 1. The average Bonchev–Trinajstić information content (AvgIpc) is 2.87. The Morgan fingerprint density at radius 3 is 2.84 bits per heavy atom. The number of alkyl halides is 2. The van der Waals surface area contributed by atoms with Crippen molar-refractivity contribution < 1.29 is 18.3 Å². The van der Waals surface area contributed by atoms with E-state index in [1.54, 1.807) is 24.0 Å². The highest BCUT2D eigenvalue weighted by Crippen LogP contribution is 2.42. The molecule has 1 aliphatic rings. The third-order valence-corrected chi connectivity index (χ3v) is 2.68. The Bertz CT molecular complexity index is 614. The molecule has 1 N–H and O–H groups in total. The number of ether oxygens (including phenoxy) is 2. The van der Waals surface area contributed by atoms with Gasteiger partial charge in [-0.25, -0.2) is 0 Å². The van der Waals surface area contributed by atoms with Crippen LogP contribution in [-0.4, -0.2) is 21.3 Å². The van der Waals surface area contributed by atoms with Crippen LogP contribution in [0.3, 0.4) is 0 Å². The van der Waals surface area contributed by atoms with E-state index in [1.165, 1.54) is 12.1 Å². The number of anilines is 1. The van der Waals surface area contributed by atoms with Gasteiger partial charge in [-0.1, -0.05) is 5.21 Å². The molecule has 1 aromatic carbocycles. The minimum Gasteiger partial charge on any atom is -0.395 e. The van der Waals surface area contributed by atoms with Gasteiger partial charge in [-0.05, 0) is 12.1 Å². The number of fused-ring (bicyclic) bond motifs is 1. The molecule has 3 rings (SSSR count). The zero-order chi connectivity index (χ0) is 13.5. The second kappa shape index (κ2) is 4.08. The van der Waals surface area contributed by atoms with Crippen molar-refractivity contribution in [1.82, 2.24) is 15.0 Å². The molecule has 6 nitrogen and oxygen atoms in total. The normalized spacial score (nSPS) is 15.5.